The Morgan fingerprint density at radius 2 is 2.11 bits per heavy atom. The normalized spacial score (nSPS) is 11.2. The van der Waals surface area contributed by atoms with E-state index in [1.54, 1.807) is 42.4 Å². The van der Waals surface area contributed by atoms with Crippen molar-refractivity contribution in [3.63, 3.8) is 0 Å². The van der Waals surface area contributed by atoms with Crippen LogP contribution in [0.2, 0.25) is 0 Å². The third-order valence-corrected chi connectivity index (χ3v) is 4.12. The quantitative estimate of drug-likeness (QED) is 0.522. The van der Waals surface area contributed by atoms with E-state index in [1.165, 1.54) is 6.07 Å². The van der Waals surface area contributed by atoms with Gasteiger partial charge in [-0.15, -0.1) is 0 Å². The zero-order valence-electron chi connectivity index (χ0n) is 14.7. The number of rotatable bonds is 7. The summed E-state index contributed by atoms with van der Waals surface area (Å²) in [5.74, 6) is 0.131. The molecule has 1 aromatic carbocycles. The monoisotopic (exact) mass is 367 g/mol. The van der Waals surface area contributed by atoms with Gasteiger partial charge < -0.3 is 10.1 Å². The number of aromatic nitrogens is 6. The van der Waals surface area contributed by atoms with E-state index >= 15 is 0 Å². The van der Waals surface area contributed by atoms with Crippen LogP contribution in [0.4, 0.5) is 16.0 Å². The number of hydrogen-bond donors (Lipinski definition) is 2. The molecule has 0 saturated heterocycles. The van der Waals surface area contributed by atoms with Crippen LogP contribution in [0.5, 0.6) is 0 Å². The Morgan fingerprint density at radius 3 is 2.96 bits per heavy atom. The number of ether oxygens (including phenoxy) is 1. The molecular formula is C18H18FN7O. The van der Waals surface area contributed by atoms with Gasteiger partial charge in [-0.3, -0.25) is 9.78 Å². The highest BCUT2D eigenvalue weighted by molar-refractivity contribution is 5.78. The Morgan fingerprint density at radius 1 is 1.22 bits per heavy atom. The fourth-order valence-electron chi connectivity index (χ4n) is 2.77. The molecule has 0 radical (unpaired) electrons. The summed E-state index contributed by atoms with van der Waals surface area (Å²) in [5, 5.41) is 15.0. The van der Waals surface area contributed by atoms with Crippen LogP contribution in [0.15, 0.2) is 42.9 Å². The highest BCUT2D eigenvalue weighted by atomic mass is 19.1. The number of nitrogens with zero attached hydrogens (tertiary/aromatic N) is 5. The molecule has 4 aromatic rings. The van der Waals surface area contributed by atoms with Gasteiger partial charge in [0.25, 0.3) is 0 Å². The van der Waals surface area contributed by atoms with Gasteiger partial charge in [-0.05, 0) is 11.6 Å². The molecule has 4 rings (SSSR count). The summed E-state index contributed by atoms with van der Waals surface area (Å²) in [4.78, 5) is 9.00. The lowest BCUT2D eigenvalue weighted by Crippen LogP contribution is -2.04. The predicted octanol–water partition coefficient (Wildman–Crippen LogP) is 2.67. The van der Waals surface area contributed by atoms with Crippen LogP contribution in [0.3, 0.4) is 0 Å². The van der Waals surface area contributed by atoms with E-state index in [2.05, 4.69) is 30.6 Å². The molecule has 9 heteroatoms. The molecule has 0 amide bonds. The van der Waals surface area contributed by atoms with Crippen LogP contribution in [-0.2, 0) is 17.7 Å². The number of fused-ring (bicyclic) bond motifs is 1. The van der Waals surface area contributed by atoms with Gasteiger partial charge in [0, 0.05) is 19.7 Å². The van der Waals surface area contributed by atoms with Gasteiger partial charge in [0.1, 0.15) is 5.82 Å². The van der Waals surface area contributed by atoms with E-state index in [0.717, 1.165) is 11.1 Å². The van der Waals surface area contributed by atoms with Gasteiger partial charge in [-0.2, -0.15) is 15.2 Å². The molecular weight excluding hydrogens is 349 g/mol. The van der Waals surface area contributed by atoms with Crippen molar-refractivity contribution in [1.29, 1.82) is 0 Å². The van der Waals surface area contributed by atoms with E-state index in [4.69, 9.17) is 4.74 Å². The molecule has 0 aliphatic carbocycles. The molecule has 138 valence electrons. The maximum absolute atomic E-state index is 14.0. The van der Waals surface area contributed by atoms with E-state index in [0.29, 0.717) is 42.4 Å². The summed E-state index contributed by atoms with van der Waals surface area (Å²) < 4.78 is 20.9. The third kappa shape index (κ3) is 3.77. The second-order valence-corrected chi connectivity index (χ2v) is 6.00. The highest BCUT2D eigenvalue weighted by Crippen LogP contribution is 2.21. The van der Waals surface area contributed by atoms with Gasteiger partial charge >= 0.3 is 0 Å². The lowest BCUT2D eigenvalue weighted by atomic mass is 10.1. The third-order valence-electron chi connectivity index (χ3n) is 4.12. The predicted molar refractivity (Wildman–Crippen MR) is 98.3 cm³/mol. The van der Waals surface area contributed by atoms with Gasteiger partial charge in [0.15, 0.2) is 5.65 Å². The molecule has 0 bridgehead atoms. The standard InChI is InChI=1S/C18H18FN7O/c1-27-7-6-26-11-13(9-21-26)22-18-23-16(14-10-20-25-17(14)24-18)8-12-4-2-3-5-15(12)19/h2-5,9-11H,6-8H2,1H3,(H2,20,22,23,24,25). The number of methoxy groups -OCH3 is 1. The Labute approximate surface area is 154 Å². The first-order chi connectivity index (χ1) is 13.2. The first kappa shape index (κ1) is 17.1. The van der Waals surface area contributed by atoms with Crippen LogP contribution in [0, 0.1) is 5.82 Å². The fraction of sp³-hybridized carbons (Fsp3) is 0.222. The average molecular weight is 367 g/mol. The van der Waals surface area contributed by atoms with Crippen LogP contribution in [0.25, 0.3) is 11.0 Å². The SMILES string of the molecule is COCCn1cc(Nc2nc(Cc3ccccc3F)c3cn[nH]c3n2)cn1. The topological polar surface area (TPSA) is 93.5 Å². The summed E-state index contributed by atoms with van der Waals surface area (Å²) in [7, 11) is 1.65. The second-order valence-electron chi connectivity index (χ2n) is 6.00. The van der Waals surface area contributed by atoms with Gasteiger partial charge in [0.05, 0.1) is 42.3 Å². The number of nitrogens with one attached hydrogen (secondary N) is 2. The summed E-state index contributed by atoms with van der Waals surface area (Å²) in [5.41, 5.74) is 2.59. The molecule has 0 atom stereocenters. The number of hydrogen-bond acceptors (Lipinski definition) is 6. The zero-order chi connectivity index (χ0) is 18.6. The Bertz CT molecular complexity index is 1060. The minimum atomic E-state index is -0.262. The van der Waals surface area contributed by atoms with Gasteiger partial charge in [0.2, 0.25) is 5.95 Å². The molecule has 0 fully saturated rings. The molecule has 8 nitrogen and oxygen atoms in total. The van der Waals surface area contributed by atoms with Crippen molar-refractivity contribution in [2.75, 3.05) is 19.0 Å². The number of halogens is 1. The number of anilines is 2. The molecule has 27 heavy (non-hydrogen) atoms. The van der Waals surface area contributed by atoms with E-state index in [-0.39, 0.29) is 5.82 Å². The first-order valence-corrected chi connectivity index (χ1v) is 8.45. The minimum Gasteiger partial charge on any atom is -0.383 e. The zero-order valence-corrected chi connectivity index (χ0v) is 14.7. The molecule has 0 saturated carbocycles. The largest absolute Gasteiger partial charge is 0.383 e. The minimum absolute atomic E-state index is 0.262. The van der Waals surface area contributed by atoms with E-state index < -0.39 is 0 Å². The second kappa shape index (κ2) is 7.50. The molecule has 2 N–H and O–H groups in total. The van der Waals surface area contributed by atoms with Crippen molar-refractivity contribution in [3.05, 3.63) is 59.9 Å². The summed E-state index contributed by atoms with van der Waals surface area (Å²) in [6.45, 7) is 1.22. The van der Waals surface area contributed by atoms with Crippen LogP contribution >= 0.6 is 0 Å². The molecule has 3 aromatic heterocycles. The van der Waals surface area contributed by atoms with Gasteiger partial charge in [-0.1, -0.05) is 18.2 Å². The van der Waals surface area contributed by atoms with Crippen LogP contribution < -0.4 is 5.32 Å². The van der Waals surface area contributed by atoms with Crippen LogP contribution in [-0.4, -0.2) is 43.7 Å². The van der Waals surface area contributed by atoms with Crippen molar-refractivity contribution in [3.8, 4) is 0 Å². The molecule has 0 spiro atoms. The lowest BCUT2D eigenvalue weighted by molar-refractivity contribution is 0.183. The molecule has 0 aliphatic rings. The Balaban J connectivity index is 1.62. The van der Waals surface area contributed by atoms with Gasteiger partial charge in [-0.25, -0.2) is 9.37 Å². The summed E-state index contributed by atoms with van der Waals surface area (Å²) in [6.07, 6.45) is 5.52. The van der Waals surface area contributed by atoms with Crippen LogP contribution in [0.1, 0.15) is 11.3 Å². The molecule has 3 heterocycles. The number of aromatic amines is 1. The maximum atomic E-state index is 14.0. The molecule has 0 aliphatic heterocycles. The maximum Gasteiger partial charge on any atom is 0.229 e. The summed E-state index contributed by atoms with van der Waals surface area (Å²) in [6, 6.07) is 6.66. The van der Waals surface area contributed by atoms with E-state index in [1.807, 2.05) is 6.20 Å². The van der Waals surface area contributed by atoms with Crippen molar-refractivity contribution in [2.45, 2.75) is 13.0 Å². The smallest absolute Gasteiger partial charge is 0.229 e. The first-order valence-electron chi connectivity index (χ1n) is 8.45. The van der Waals surface area contributed by atoms with E-state index in [9.17, 15) is 4.39 Å². The highest BCUT2D eigenvalue weighted by Gasteiger charge is 2.13. The lowest BCUT2D eigenvalue weighted by Gasteiger charge is -2.07. The number of H-pyrrole nitrogens is 1. The van der Waals surface area contributed by atoms with Crippen molar-refractivity contribution in [1.82, 2.24) is 29.9 Å². The fourth-order valence-corrected chi connectivity index (χ4v) is 2.77. The van der Waals surface area contributed by atoms with Crippen molar-refractivity contribution < 1.29 is 9.13 Å². The number of benzene rings is 1. The van der Waals surface area contributed by atoms with Crippen molar-refractivity contribution in [2.24, 2.45) is 0 Å². The average Bonchev–Trinajstić information content (AvgIpc) is 3.31. The Kier molecular flexibility index (Phi) is 4.75. The van der Waals surface area contributed by atoms with Crippen molar-refractivity contribution >= 4 is 22.7 Å². The summed E-state index contributed by atoms with van der Waals surface area (Å²) >= 11 is 0. The Hall–Kier alpha value is -3.33. The molecule has 0 unspecified atom stereocenters.